The van der Waals surface area contributed by atoms with Crippen LogP contribution in [-0.4, -0.2) is 50.1 Å². The summed E-state index contributed by atoms with van der Waals surface area (Å²) >= 11 is 0. The van der Waals surface area contributed by atoms with Crippen molar-refractivity contribution in [1.29, 1.82) is 0 Å². The van der Waals surface area contributed by atoms with E-state index in [2.05, 4.69) is 49.8 Å². The lowest BCUT2D eigenvalue weighted by Gasteiger charge is -2.33. The first-order valence-electron chi connectivity index (χ1n) is 12.5. The van der Waals surface area contributed by atoms with Crippen molar-refractivity contribution >= 4 is 17.7 Å². The fourth-order valence-corrected chi connectivity index (χ4v) is 4.53. The van der Waals surface area contributed by atoms with Gasteiger partial charge in [-0.05, 0) is 53.8 Å². The monoisotopic (exact) mass is 494 g/mol. The smallest absolute Gasteiger partial charge is 0.335 e. The Morgan fingerprint density at radius 2 is 1.68 bits per heavy atom. The molecule has 8 nitrogen and oxygen atoms in total. The predicted molar refractivity (Wildman–Crippen MR) is 144 cm³/mol. The summed E-state index contributed by atoms with van der Waals surface area (Å²) in [5.41, 5.74) is 4.39. The van der Waals surface area contributed by atoms with Crippen LogP contribution in [0.4, 0.5) is 11.8 Å². The number of hydrogen-bond acceptors (Lipinski definition) is 7. The van der Waals surface area contributed by atoms with Gasteiger partial charge in [0.1, 0.15) is 5.82 Å². The van der Waals surface area contributed by atoms with E-state index in [0.29, 0.717) is 12.5 Å². The SMILES string of the molecule is O=C(O)c1ccc(-c2cnc(NCc3ccncc3)nc2NC2CCN(Cc3ccccc3)CC2)cc1. The van der Waals surface area contributed by atoms with Gasteiger partial charge >= 0.3 is 5.97 Å². The van der Waals surface area contributed by atoms with Gasteiger partial charge < -0.3 is 15.7 Å². The summed E-state index contributed by atoms with van der Waals surface area (Å²) in [5, 5.41) is 16.2. The third-order valence-electron chi connectivity index (χ3n) is 6.61. The fraction of sp³-hybridized carbons (Fsp3) is 0.241. The number of benzene rings is 2. The number of nitrogens with zero attached hydrogens (tertiary/aromatic N) is 4. The van der Waals surface area contributed by atoms with Crippen molar-refractivity contribution in [2.24, 2.45) is 0 Å². The summed E-state index contributed by atoms with van der Waals surface area (Å²) in [7, 11) is 0. The molecule has 0 unspecified atom stereocenters. The highest BCUT2D eigenvalue weighted by molar-refractivity contribution is 5.88. The molecule has 4 aromatic rings. The number of aromatic nitrogens is 3. The van der Waals surface area contributed by atoms with E-state index >= 15 is 0 Å². The molecule has 37 heavy (non-hydrogen) atoms. The highest BCUT2D eigenvalue weighted by atomic mass is 16.4. The number of carbonyl (C=O) groups is 1. The van der Waals surface area contributed by atoms with Gasteiger partial charge in [-0.15, -0.1) is 0 Å². The van der Waals surface area contributed by atoms with E-state index < -0.39 is 5.97 Å². The molecule has 0 atom stereocenters. The van der Waals surface area contributed by atoms with Crippen molar-refractivity contribution in [2.75, 3.05) is 23.7 Å². The summed E-state index contributed by atoms with van der Waals surface area (Å²) < 4.78 is 0. The lowest BCUT2D eigenvalue weighted by molar-refractivity contribution is 0.0697. The van der Waals surface area contributed by atoms with Gasteiger partial charge in [-0.2, -0.15) is 4.98 Å². The Morgan fingerprint density at radius 1 is 0.946 bits per heavy atom. The number of carboxylic acid groups (broad SMARTS) is 1. The first-order valence-corrected chi connectivity index (χ1v) is 12.5. The van der Waals surface area contributed by atoms with E-state index in [1.165, 1.54) is 5.56 Å². The number of anilines is 2. The molecule has 1 aliphatic rings. The highest BCUT2D eigenvalue weighted by Crippen LogP contribution is 2.29. The van der Waals surface area contributed by atoms with Crippen LogP contribution in [0.15, 0.2) is 85.3 Å². The molecule has 2 aromatic heterocycles. The summed E-state index contributed by atoms with van der Waals surface area (Å²) in [5.74, 6) is 0.336. The summed E-state index contributed by atoms with van der Waals surface area (Å²) in [6.07, 6.45) is 7.34. The first-order chi connectivity index (χ1) is 18.1. The Labute approximate surface area is 216 Å². The second kappa shape index (κ2) is 11.6. The molecule has 0 radical (unpaired) electrons. The topological polar surface area (TPSA) is 103 Å². The molecule has 3 N–H and O–H groups in total. The lowest BCUT2D eigenvalue weighted by atomic mass is 10.0. The van der Waals surface area contributed by atoms with Gasteiger partial charge in [0.25, 0.3) is 0 Å². The van der Waals surface area contributed by atoms with Gasteiger partial charge in [-0.3, -0.25) is 9.88 Å². The van der Waals surface area contributed by atoms with Crippen LogP contribution in [0, 0.1) is 0 Å². The van der Waals surface area contributed by atoms with Crippen LogP contribution >= 0.6 is 0 Å². The maximum Gasteiger partial charge on any atom is 0.335 e. The number of rotatable bonds is 9. The Kier molecular flexibility index (Phi) is 7.66. The second-order valence-electron chi connectivity index (χ2n) is 9.23. The fourth-order valence-electron chi connectivity index (χ4n) is 4.53. The van der Waals surface area contributed by atoms with Crippen molar-refractivity contribution in [3.63, 3.8) is 0 Å². The van der Waals surface area contributed by atoms with Gasteiger partial charge in [-0.1, -0.05) is 42.5 Å². The zero-order chi connectivity index (χ0) is 25.5. The Hall–Kier alpha value is -4.30. The lowest BCUT2D eigenvalue weighted by Crippen LogP contribution is -2.38. The van der Waals surface area contributed by atoms with Crippen molar-refractivity contribution in [3.8, 4) is 11.1 Å². The normalized spacial score (nSPS) is 14.3. The third-order valence-corrected chi connectivity index (χ3v) is 6.61. The molecule has 0 aliphatic carbocycles. The molecular formula is C29H30N6O2. The predicted octanol–water partition coefficient (Wildman–Crippen LogP) is 4.93. The minimum atomic E-state index is -0.945. The molecule has 5 rings (SSSR count). The maximum absolute atomic E-state index is 11.3. The van der Waals surface area contributed by atoms with Gasteiger partial charge in [0.05, 0.1) is 5.56 Å². The molecule has 1 fully saturated rings. The standard InChI is InChI=1S/C29H30N6O2/c36-28(37)24-8-6-23(7-9-24)26-19-32-29(31-18-21-10-14-30-15-11-21)34-27(26)33-25-12-16-35(17-13-25)20-22-4-2-1-3-5-22/h1-11,14-15,19,25H,12-13,16-18,20H2,(H,36,37)(H2,31,32,33,34). The molecule has 188 valence electrons. The molecule has 0 bridgehead atoms. The molecule has 1 aliphatic heterocycles. The number of carboxylic acids is 1. The Balaban J connectivity index is 1.31. The molecule has 0 spiro atoms. The number of aromatic carboxylic acids is 1. The zero-order valence-electron chi connectivity index (χ0n) is 20.5. The Morgan fingerprint density at radius 3 is 2.38 bits per heavy atom. The number of likely N-dealkylation sites (tertiary alicyclic amines) is 1. The van der Waals surface area contributed by atoms with Crippen molar-refractivity contribution < 1.29 is 9.90 Å². The van der Waals surface area contributed by atoms with Crippen LogP contribution in [0.1, 0.15) is 34.3 Å². The summed E-state index contributed by atoms with van der Waals surface area (Å²) in [6.45, 7) is 3.57. The van der Waals surface area contributed by atoms with Crippen LogP contribution in [0.5, 0.6) is 0 Å². The van der Waals surface area contributed by atoms with E-state index in [9.17, 15) is 9.90 Å². The van der Waals surface area contributed by atoms with E-state index in [0.717, 1.165) is 55.0 Å². The van der Waals surface area contributed by atoms with Crippen LogP contribution in [0.3, 0.4) is 0 Å². The maximum atomic E-state index is 11.3. The van der Waals surface area contributed by atoms with Gasteiger partial charge in [-0.25, -0.2) is 9.78 Å². The molecule has 3 heterocycles. The zero-order valence-corrected chi connectivity index (χ0v) is 20.5. The quantitative estimate of drug-likeness (QED) is 0.301. The molecule has 0 saturated carbocycles. The number of pyridine rings is 1. The summed E-state index contributed by atoms with van der Waals surface area (Å²) in [4.78, 5) is 27.2. The summed E-state index contributed by atoms with van der Waals surface area (Å²) in [6, 6.07) is 21.6. The first kappa shape index (κ1) is 24.4. The highest BCUT2D eigenvalue weighted by Gasteiger charge is 2.21. The minimum absolute atomic E-state index is 0.251. The van der Waals surface area contributed by atoms with Gasteiger partial charge in [0, 0.05) is 56.4 Å². The van der Waals surface area contributed by atoms with E-state index in [-0.39, 0.29) is 11.6 Å². The third kappa shape index (κ3) is 6.48. The molecular weight excluding hydrogens is 464 g/mol. The van der Waals surface area contributed by atoms with Crippen molar-refractivity contribution in [1.82, 2.24) is 19.9 Å². The average Bonchev–Trinajstić information content (AvgIpc) is 2.94. The Bertz CT molecular complexity index is 1310. The van der Waals surface area contributed by atoms with Crippen molar-refractivity contribution in [3.05, 3.63) is 102 Å². The molecule has 1 saturated heterocycles. The van der Waals surface area contributed by atoms with Crippen molar-refractivity contribution in [2.45, 2.75) is 32.0 Å². The minimum Gasteiger partial charge on any atom is -0.478 e. The van der Waals surface area contributed by atoms with Gasteiger partial charge in [0.15, 0.2) is 0 Å². The van der Waals surface area contributed by atoms with Crippen LogP contribution in [0.25, 0.3) is 11.1 Å². The molecule has 2 aromatic carbocycles. The number of nitrogens with one attached hydrogen (secondary N) is 2. The average molecular weight is 495 g/mol. The van der Waals surface area contributed by atoms with Crippen LogP contribution in [-0.2, 0) is 13.1 Å². The van der Waals surface area contributed by atoms with Crippen LogP contribution < -0.4 is 10.6 Å². The van der Waals surface area contributed by atoms with E-state index in [1.807, 2.05) is 18.2 Å². The largest absolute Gasteiger partial charge is 0.478 e. The molecule has 8 heteroatoms. The van der Waals surface area contributed by atoms with Crippen LogP contribution in [0.2, 0.25) is 0 Å². The second-order valence-corrected chi connectivity index (χ2v) is 9.23. The van der Waals surface area contributed by atoms with E-state index in [1.54, 1.807) is 42.9 Å². The molecule has 0 amide bonds. The number of hydrogen-bond donors (Lipinski definition) is 3. The van der Waals surface area contributed by atoms with E-state index in [4.69, 9.17) is 4.98 Å². The number of piperidine rings is 1. The van der Waals surface area contributed by atoms with Gasteiger partial charge in [0.2, 0.25) is 5.95 Å².